The summed E-state index contributed by atoms with van der Waals surface area (Å²) in [5, 5.41) is 3.93. The number of nitrogens with zero attached hydrogens (tertiary/aromatic N) is 2. The topological polar surface area (TPSA) is 74.5 Å². The van der Waals surface area contributed by atoms with Gasteiger partial charge >= 0.3 is 5.97 Å². The van der Waals surface area contributed by atoms with Gasteiger partial charge in [0.1, 0.15) is 18.1 Å². The van der Waals surface area contributed by atoms with Gasteiger partial charge in [0.25, 0.3) is 0 Å². The Bertz CT molecular complexity index is 819. The van der Waals surface area contributed by atoms with E-state index in [-0.39, 0.29) is 18.3 Å². The highest BCUT2D eigenvalue weighted by Crippen LogP contribution is 2.23. The number of methoxy groups -OCH3 is 1. The third kappa shape index (κ3) is 4.84. The Morgan fingerprint density at radius 2 is 1.92 bits per heavy atom. The Morgan fingerprint density at radius 1 is 1.16 bits per heavy atom. The summed E-state index contributed by atoms with van der Waals surface area (Å²) in [4.78, 5) is 16.7. The third-order valence-corrected chi connectivity index (χ3v) is 4.31. The summed E-state index contributed by atoms with van der Waals surface area (Å²) in [6.45, 7) is 0.0788. The molecule has 0 amide bonds. The summed E-state index contributed by atoms with van der Waals surface area (Å²) in [7, 11) is 1.61. The van der Waals surface area contributed by atoms with Gasteiger partial charge in [-0.3, -0.25) is 9.78 Å². The van der Waals surface area contributed by atoms with Crippen LogP contribution in [0.3, 0.4) is 0 Å². The van der Waals surface area contributed by atoms with Crippen LogP contribution in [0.4, 0.5) is 0 Å². The lowest BCUT2D eigenvalue weighted by atomic mass is 10.1. The van der Waals surface area contributed by atoms with E-state index in [1.165, 1.54) is 11.8 Å². The zero-order valence-electron chi connectivity index (χ0n) is 13.5. The number of ether oxygens (including phenoxy) is 2. The molecule has 7 heteroatoms. The van der Waals surface area contributed by atoms with Crippen molar-refractivity contribution in [2.24, 2.45) is 0 Å². The minimum atomic E-state index is -0.309. The largest absolute Gasteiger partial charge is 0.497 e. The lowest BCUT2D eigenvalue weighted by Crippen LogP contribution is -2.07. The monoisotopic (exact) mass is 356 g/mol. The molecule has 0 radical (unpaired) electrons. The van der Waals surface area contributed by atoms with Gasteiger partial charge in [-0.25, -0.2) is 0 Å². The van der Waals surface area contributed by atoms with Crippen molar-refractivity contribution >= 4 is 17.7 Å². The first-order valence-electron chi connectivity index (χ1n) is 7.53. The molecule has 0 aliphatic carbocycles. The normalized spacial score (nSPS) is 10.4. The fraction of sp³-hybridized carbons (Fsp3) is 0.167. The fourth-order valence-electron chi connectivity index (χ4n) is 2.04. The Hall–Kier alpha value is -2.80. The average molecular weight is 356 g/mol. The van der Waals surface area contributed by atoms with E-state index >= 15 is 0 Å². The molecule has 0 bridgehead atoms. The number of esters is 1. The second-order valence-corrected chi connectivity index (χ2v) is 6.09. The highest BCUT2D eigenvalue weighted by atomic mass is 32.2. The van der Waals surface area contributed by atoms with Gasteiger partial charge in [0.05, 0.1) is 12.9 Å². The van der Waals surface area contributed by atoms with E-state index in [9.17, 15) is 4.79 Å². The van der Waals surface area contributed by atoms with Crippen molar-refractivity contribution in [2.45, 2.75) is 11.5 Å². The number of rotatable bonds is 7. The predicted octanol–water partition coefficient (Wildman–Crippen LogP) is 3.58. The first kappa shape index (κ1) is 17.0. The lowest BCUT2D eigenvalue weighted by Gasteiger charge is -2.02. The summed E-state index contributed by atoms with van der Waals surface area (Å²) in [5.74, 6) is 1.30. The number of hydrogen-bond donors (Lipinski definition) is 0. The Balaban J connectivity index is 1.50. The number of hydrogen-bond acceptors (Lipinski definition) is 7. The van der Waals surface area contributed by atoms with Crippen molar-refractivity contribution < 1.29 is 18.8 Å². The van der Waals surface area contributed by atoms with E-state index in [0.29, 0.717) is 11.5 Å². The Labute approximate surface area is 149 Å². The van der Waals surface area contributed by atoms with Crippen LogP contribution in [0.5, 0.6) is 5.75 Å². The zero-order chi connectivity index (χ0) is 17.5. The van der Waals surface area contributed by atoms with Gasteiger partial charge in [0, 0.05) is 28.9 Å². The van der Waals surface area contributed by atoms with Gasteiger partial charge in [-0.2, -0.15) is 0 Å². The van der Waals surface area contributed by atoms with Gasteiger partial charge in [-0.05, 0) is 36.4 Å². The first-order valence-corrected chi connectivity index (χ1v) is 8.51. The minimum absolute atomic E-state index is 0.0788. The second kappa shape index (κ2) is 8.34. The molecule has 0 fully saturated rings. The molecule has 2 aromatic heterocycles. The van der Waals surface area contributed by atoms with Crippen LogP contribution >= 0.6 is 11.8 Å². The molecule has 0 atom stereocenters. The maximum absolute atomic E-state index is 11.8. The van der Waals surface area contributed by atoms with Gasteiger partial charge in [0.15, 0.2) is 5.76 Å². The van der Waals surface area contributed by atoms with Gasteiger partial charge in [-0.15, -0.1) is 11.8 Å². The van der Waals surface area contributed by atoms with E-state index in [0.717, 1.165) is 16.2 Å². The van der Waals surface area contributed by atoms with Crippen LogP contribution in [0.2, 0.25) is 0 Å². The highest BCUT2D eigenvalue weighted by molar-refractivity contribution is 8.00. The van der Waals surface area contributed by atoms with Crippen LogP contribution in [0.25, 0.3) is 11.3 Å². The fourth-order valence-corrected chi connectivity index (χ4v) is 2.73. The number of carbonyl (C=O) groups is 1. The molecule has 3 rings (SSSR count). The standard InChI is InChI=1S/C18H16N2O4S/c1-22-15-4-2-13(3-5-15)17-10-14(20-24-17)11-23-18(21)12-25-16-6-8-19-9-7-16/h2-10H,11-12H2,1H3. The molecule has 0 saturated heterocycles. The van der Waals surface area contributed by atoms with Crippen molar-refractivity contribution in [2.75, 3.05) is 12.9 Å². The number of benzene rings is 1. The molecule has 0 spiro atoms. The van der Waals surface area contributed by atoms with Crippen molar-refractivity contribution in [1.82, 2.24) is 10.1 Å². The van der Waals surface area contributed by atoms with Gasteiger partial charge in [0.2, 0.25) is 0 Å². The smallest absolute Gasteiger partial charge is 0.316 e. The summed E-state index contributed by atoms with van der Waals surface area (Å²) in [6.07, 6.45) is 3.37. The molecule has 1 aromatic carbocycles. The Kier molecular flexibility index (Phi) is 5.69. The molecular weight excluding hydrogens is 340 g/mol. The molecule has 0 aliphatic heterocycles. The zero-order valence-corrected chi connectivity index (χ0v) is 14.4. The maximum atomic E-state index is 11.8. The molecule has 3 aromatic rings. The molecule has 0 aliphatic rings. The molecule has 0 N–H and O–H groups in total. The van der Waals surface area contributed by atoms with Crippen molar-refractivity contribution in [3.63, 3.8) is 0 Å². The molecular formula is C18H16N2O4S. The lowest BCUT2D eigenvalue weighted by molar-refractivity contribution is -0.141. The SMILES string of the molecule is COc1ccc(-c2cc(COC(=O)CSc3ccncc3)no2)cc1. The molecule has 6 nitrogen and oxygen atoms in total. The van der Waals surface area contributed by atoms with Gasteiger partial charge in [-0.1, -0.05) is 5.16 Å². The summed E-state index contributed by atoms with van der Waals surface area (Å²) in [6, 6.07) is 12.9. The number of aromatic nitrogens is 2. The maximum Gasteiger partial charge on any atom is 0.316 e. The summed E-state index contributed by atoms with van der Waals surface area (Å²) < 4.78 is 15.6. The quantitative estimate of drug-likeness (QED) is 0.473. The van der Waals surface area contributed by atoms with Crippen LogP contribution in [0.1, 0.15) is 5.69 Å². The molecule has 2 heterocycles. The highest BCUT2D eigenvalue weighted by Gasteiger charge is 2.10. The van der Waals surface area contributed by atoms with Crippen LogP contribution in [-0.4, -0.2) is 29.0 Å². The van der Waals surface area contributed by atoms with Crippen molar-refractivity contribution in [3.8, 4) is 17.1 Å². The molecule has 0 saturated carbocycles. The van der Waals surface area contributed by atoms with E-state index in [2.05, 4.69) is 10.1 Å². The summed E-state index contributed by atoms with van der Waals surface area (Å²) in [5.41, 5.74) is 1.44. The van der Waals surface area contributed by atoms with Crippen molar-refractivity contribution in [3.05, 3.63) is 60.6 Å². The average Bonchev–Trinajstić information content (AvgIpc) is 3.14. The van der Waals surface area contributed by atoms with Crippen LogP contribution in [0.15, 0.2) is 64.3 Å². The molecule has 25 heavy (non-hydrogen) atoms. The van der Waals surface area contributed by atoms with Gasteiger partial charge < -0.3 is 14.0 Å². The minimum Gasteiger partial charge on any atom is -0.497 e. The van der Waals surface area contributed by atoms with Crippen LogP contribution in [0, 0.1) is 0 Å². The van der Waals surface area contributed by atoms with Crippen LogP contribution < -0.4 is 4.74 Å². The number of pyridine rings is 1. The third-order valence-electron chi connectivity index (χ3n) is 3.32. The number of thioether (sulfide) groups is 1. The van der Waals surface area contributed by atoms with E-state index in [1.54, 1.807) is 25.6 Å². The van der Waals surface area contributed by atoms with E-state index in [4.69, 9.17) is 14.0 Å². The van der Waals surface area contributed by atoms with Crippen molar-refractivity contribution in [1.29, 1.82) is 0 Å². The predicted molar refractivity (Wildman–Crippen MR) is 93.2 cm³/mol. The molecule has 0 unspecified atom stereocenters. The van der Waals surface area contributed by atoms with E-state index in [1.807, 2.05) is 36.4 Å². The Morgan fingerprint density at radius 3 is 2.64 bits per heavy atom. The van der Waals surface area contributed by atoms with Crippen LogP contribution in [-0.2, 0) is 16.1 Å². The first-order chi connectivity index (χ1) is 12.2. The summed E-state index contributed by atoms with van der Waals surface area (Å²) >= 11 is 1.40. The second-order valence-electron chi connectivity index (χ2n) is 5.04. The number of carbonyl (C=O) groups excluding carboxylic acids is 1. The van der Waals surface area contributed by atoms with E-state index < -0.39 is 0 Å². The molecule has 128 valence electrons.